The molecule has 2 N–H and O–H groups in total. The standard InChI is InChI=1S/C19H18F2N4O2/c1-11(18(26)23-16-9-12(20)7-8-14(16)21)25(2)10-17-22-15-6-4-3-5-13(15)19(27)24-17/h3-9,11H,10H2,1-2H3,(H,23,26)(H,22,24,27)/t11-/m1/s1. The third kappa shape index (κ3) is 4.17. The fraction of sp³-hybridized carbons (Fsp3) is 0.211. The molecule has 140 valence electrons. The van der Waals surface area contributed by atoms with Gasteiger partial charge in [-0.3, -0.25) is 14.5 Å². The molecule has 0 saturated carbocycles. The van der Waals surface area contributed by atoms with Gasteiger partial charge in [-0.25, -0.2) is 13.8 Å². The molecule has 0 aliphatic heterocycles. The number of para-hydroxylation sites is 1. The third-order valence-corrected chi connectivity index (χ3v) is 4.29. The number of nitrogens with zero attached hydrogens (tertiary/aromatic N) is 2. The first-order chi connectivity index (χ1) is 12.8. The Morgan fingerprint density at radius 2 is 2.00 bits per heavy atom. The van der Waals surface area contributed by atoms with E-state index in [1.807, 2.05) is 0 Å². The zero-order valence-electron chi connectivity index (χ0n) is 14.8. The zero-order chi connectivity index (χ0) is 19.6. The van der Waals surface area contributed by atoms with Gasteiger partial charge in [0.15, 0.2) is 0 Å². The topological polar surface area (TPSA) is 78.1 Å². The summed E-state index contributed by atoms with van der Waals surface area (Å²) in [5.74, 6) is -1.48. The first-order valence-electron chi connectivity index (χ1n) is 8.29. The number of carbonyl (C=O) groups excluding carboxylic acids is 1. The smallest absolute Gasteiger partial charge is 0.258 e. The number of benzene rings is 2. The molecule has 27 heavy (non-hydrogen) atoms. The van der Waals surface area contributed by atoms with Crippen molar-refractivity contribution in [1.29, 1.82) is 0 Å². The van der Waals surface area contributed by atoms with Crippen LogP contribution in [0.4, 0.5) is 14.5 Å². The van der Waals surface area contributed by atoms with Crippen LogP contribution in [0.15, 0.2) is 47.3 Å². The van der Waals surface area contributed by atoms with Crippen molar-refractivity contribution < 1.29 is 13.6 Å². The monoisotopic (exact) mass is 372 g/mol. The Morgan fingerprint density at radius 1 is 1.26 bits per heavy atom. The number of likely N-dealkylation sites (N-methyl/N-ethyl adjacent to an activating group) is 1. The number of nitrogens with one attached hydrogen (secondary N) is 2. The van der Waals surface area contributed by atoms with Crippen LogP contribution < -0.4 is 10.9 Å². The Labute approximate surface area is 153 Å². The molecule has 0 spiro atoms. The minimum Gasteiger partial charge on any atom is -0.322 e. The second-order valence-electron chi connectivity index (χ2n) is 6.23. The number of halogens is 2. The lowest BCUT2D eigenvalue weighted by molar-refractivity contribution is -0.120. The quantitative estimate of drug-likeness (QED) is 0.722. The largest absolute Gasteiger partial charge is 0.322 e. The van der Waals surface area contributed by atoms with Gasteiger partial charge in [-0.2, -0.15) is 0 Å². The van der Waals surface area contributed by atoms with Crippen LogP contribution in [0.25, 0.3) is 10.9 Å². The molecule has 0 fully saturated rings. The summed E-state index contributed by atoms with van der Waals surface area (Å²) in [7, 11) is 1.67. The van der Waals surface area contributed by atoms with Crippen molar-refractivity contribution in [1.82, 2.24) is 14.9 Å². The normalized spacial score (nSPS) is 12.3. The van der Waals surface area contributed by atoms with Crippen LogP contribution in [0, 0.1) is 11.6 Å². The SMILES string of the molecule is C[C@H](C(=O)Nc1cc(F)ccc1F)N(C)Cc1nc2ccccc2c(=O)[nH]1. The average molecular weight is 372 g/mol. The maximum Gasteiger partial charge on any atom is 0.258 e. The number of rotatable bonds is 5. The molecule has 0 aliphatic rings. The van der Waals surface area contributed by atoms with E-state index in [2.05, 4.69) is 15.3 Å². The van der Waals surface area contributed by atoms with Gasteiger partial charge < -0.3 is 10.3 Å². The summed E-state index contributed by atoms with van der Waals surface area (Å²) in [6.07, 6.45) is 0. The minimum atomic E-state index is -0.722. The molecule has 1 aromatic heterocycles. The highest BCUT2D eigenvalue weighted by molar-refractivity contribution is 5.94. The lowest BCUT2D eigenvalue weighted by Crippen LogP contribution is -2.40. The first-order valence-corrected chi connectivity index (χ1v) is 8.29. The number of amides is 1. The van der Waals surface area contributed by atoms with Crippen LogP contribution in [-0.4, -0.2) is 33.9 Å². The van der Waals surface area contributed by atoms with Gasteiger partial charge in [-0.05, 0) is 38.2 Å². The van der Waals surface area contributed by atoms with Crippen LogP contribution in [0.1, 0.15) is 12.7 Å². The van der Waals surface area contributed by atoms with Gasteiger partial charge in [0.05, 0.1) is 29.2 Å². The van der Waals surface area contributed by atoms with Crippen molar-refractivity contribution in [2.45, 2.75) is 19.5 Å². The van der Waals surface area contributed by atoms with Crippen LogP contribution in [0.3, 0.4) is 0 Å². The van der Waals surface area contributed by atoms with E-state index in [1.165, 1.54) is 0 Å². The van der Waals surface area contributed by atoms with Gasteiger partial charge in [0, 0.05) is 6.07 Å². The summed E-state index contributed by atoms with van der Waals surface area (Å²) >= 11 is 0. The van der Waals surface area contributed by atoms with E-state index in [0.717, 1.165) is 18.2 Å². The van der Waals surface area contributed by atoms with Gasteiger partial charge in [-0.1, -0.05) is 12.1 Å². The molecule has 0 saturated heterocycles. The number of fused-ring (bicyclic) bond motifs is 1. The number of anilines is 1. The second-order valence-corrected chi connectivity index (χ2v) is 6.23. The Kier molecular flexibility index (Phi) is 5.27. The molecule has 0 unspecified atom stereocenters. The van der Waals surface area contributed by atoms with Crippen LogP contribution in [-0.2, 0) is 11.3 Å². The number of aromatic amines is 1. The van der Waals surface area contributed by atoms with Crippen molar-refractivity contribution in [2.75, 3.05) is 12.4 Å². The maximum atomic E-state index is 13.7. The van der Waals surface area contributed by atoms with Crippen LogP contribution >= 0.6 is 0 Å². The zero-order valence-corrected chi connectivity index (χ0v) is 14.8. The molecule has 6 nitrogen and oxygen atoms in total. The molecule has 1 heterocycles. The van der Waals surface area contributed by atoms with E-state index in [4.69, 9.17) is 0 Å². The summed E-state index contributed by atoms with van der Waals surface area (Å²) in [4.78, 5) is 33.2. The Morgan fingerprint density at radius 3 is 2.78 bits per heavy atom. The number of carbonyl (C=O) groups is 1. The number of H-pyrrole nitrogens is 1. The van der Waals surface area contributed by atoms with Gasteiger partial charge in [-0.15, -0.1) is 0 Å². The molecule has 1 atom stereocenters. The van der Waals surface area contributed by atoms with E-state index >= 15 is 0 Å². The van der Waals surface area contributed by atoms with Crippen LogP contribution in [0.2, 0.25) is 0 Å². The van der Waals surface area contributed by atoms with Gasteiger partial charge >= 0.3 is 0 Å². The van der Waals surface area contributed by atoms with Crippen molar-refractivity contribution in [3.8, 4) is 0 Å². The lowest BCUT2D eigenvalue weighted by atomic mass is 10.2. The van der Waals surface area contributed by atoms with E-state index < -0.39 is 23.6 Å². The third-order valence-electron chi connectivity index (χ3n) is 4.29. The highest BCUT2D eigenvalue weighted by Gasteiger charge is 2.20. The molecular formula is C19H18F2N4O2. The van der Waals surface area contributed by atoms with E-state index in [9.17, 15) is 18.4 Å². The van der Waals surface area contributed by atoms with Crippen LogP contribution in [0.5, 0.6) is 0 Å². The Hall–Kier alpha value is -3.13. The molecular weight excluding hydrogens is 354 g/mol. The molecule has 0 aliphatic carbocycles. The van der Waals surface area contributed by atoms with E-state index in [-0.39, 0.29) is 17.8 Å². The average Bonchev–Trinajstić information content (AvgIpc) is 2.64. The highest BCUT2D eigenvalue weighted by Crippen LogP contribution is 2.16. The highest BCUT2D eigenvalue weighted by atomic mass is 19.1. The summed E-state index contributed by atoms with van der Waals surface area (Å²) in [6.45, 7) is 1.81. The molecule has 3 rings (SSSR count). The Balaban J connectivity index is 1.73. The summed E-state index contributed by atoms with van der Waals surface area (Å²) in [5, 5.41) is 2.85. The second kappa shape index (κ2) is 7.63. The predicted molar refractivity (Wildman–Crippen MR) is 98.3 cm³/mol. The molecule has 3 aromatic rings. The molecule has 2 aromatic carbocycles. The molecule has 1 amide bonds. The fourth-order valence-corrected chi connectivity index (χ4v) is 2.61. The van der Waals surface area contributed by atoms with Gasteiger partial charge in [0.2, 0.25) is 5.91 Å². The van der Waals surface area contributed by atoms with E-state index in [0.29, 0.717) is 16.7 Å². The van der Waals surface area contributed by atoms with Crippen molar-refractivity contribution in [3.63, 3.8) is 0 Å². The summed E-state index contributed by atoms with van der Waals surface area (Å²) in [5.41, 5.74) is 0.0732. The lowest BCUT2D eigenvalue weighted by Gasteiger charge is -2.23. The first kappa shape index (κ1) is 18.7. The molecule has 8 heteroatoms. The van der Waals surface area contributed by atoms with Crippen molar-refractivity contribution in [3.05, 3.63) is 70.3 Å². The van der Waals surface area contributed by atoms with Crippen molar-refractivity contribution >= 4 is 22.5 Å². The van der Waals surface area contributed by atoms with Crippen molar-refractivity contribution in [2.24, 2.45) is 0 Å². The fourth-order valence-electron chi connectivity index (χ4n) is 2.61. The maximum absolute atomic E-state index is 13.7. The number of hydrogen-bond donors (Lipinski definition) is 2. The molecule has 0 bridgehead atoms. The molecule has 0 radical (unpaired) electrons. The summed E-state index contributed by atoms with van der Waals surface area (Å²) < 4.78 is 26.9. The predicted octanol–water partition coefficient (Wildman–Crippen LogP) is 2.66. The summed E-state index contributed by atoms with van der Waals surface area (Å²) in [6, 6.07) is 9.11. The minimum absolute atomic E-state index is 0.195. The van der Waals surface area contributed by atoms with E-state index in [1.54, 1.807) is 43.1 Å². The number of aromatic nitrogens is 2. The Bertz CT molecular complexity index is 1050. The van der Waals surface area contributed by atoms with Gasteiger partial charge in [0.1, 0.15) is 17.5 Å². The van der Waals surface area contributed by atoms with Gasteiger partial charge in [0.25, 0.3) is 5.56 Å². The number of hydrogen-bond acceptors (Lipinski definition) is 4.